The van der Waals surface area contributed by atoms with E-state index in [9.17, 15) is 0 Å². The lowest BCUT2D eigenvalue weighted by molar-refractivity contribution is 0.00795. The molecular weight excluding hydrogens is 226 g/mol. The quantitative estimate of drug-likeness (QED) is 0.879. The number of ether oxygens (including phenoxy) is 1. The summed E-state index contributed by atoms with van der Waals surface area (Å²) >= 11 is 0. The second-order valence-corrected chi connectivity index (χ2v) is 4.88. The van der Waals surface area contributed by atoms with Crippen LogP contribution < -0.4 is 5.73 Å². The third-order valence-electron chi connectivity index (χ3n) is 3.14. The minimum atomic E-state index is -0.225. The second-order valence-electron chi connectivity index (χ2n) is 4.88. The van der Waals surface area contributed by atoms with Crippen LogP contribution in [0.3, 0.4) is 0 Å². The van der Waals surface area contributed by atoms with Gasteiger partial charge in [-0.1, -0.05) is 32.0 Å². The third kappa shape index (κ3) is 2.57. The molecule has 1 heterocycles. The van der Waals surface area contributed by atoms with Crippen LogP contribution in [0.25, 0.3) is 11.0 Å². The van der Waals surface area contributed by atoms with Crippen LogP contribution in [0, 0.1) is 5.92 Å². The van der Waals surface area contributed by atoms with Gasteiger partial charge in [-0.2, -0.15) is 0 Å². The summed E-state index contributed by atoms with van der Waals surface area (Å²) in [6.45, 7) is 6.88. The topological polar surface area (TPSA) is 48.4 Å². The van der Waals surface area contributed by atoms with Crippen LogP contribution in [0.5, 0.6) is 0 Å². The highest BCUT2D eigenvalue weighted by Crippen LogP contribution is 2.28. The zero-order valence-electron chi connectivity index (χ0n) is 11.2. The molecule has 2 atom stereocenters. The Morgan fingerprint density at radius 2 is 2.00 bits per heavy atom. The van der Waals surface area contributed by atoms with Gasteiger partial charge < -0.3 is 14.9 Å². The van der Waals surface area contributed by atoms with E-state index >= 15 is 0 Å². The summed E-state index contributed by atoms with van der Waals surface area (Å²) in [6, 6.07) is 9.72. The van der Waals surface area contributed by atoms with E-state index in [1.54, 1.807) is 0 Å². The molecule has 18 heavy (non-hydrogen) atoms. The molecular formula is C15H21NO2. The molecule has 2 N–H and O–H groups in total. The van der Waals surface area contributed by atoms with Crippen molar-refractivity contribution in [2.24, 2.45) is 11.7 Å². The highest BCUT2D eigenvalue weighted by atomic mass is 16.5. The molecule has 1 aromatic carbocycles. The Bertz CT molecular complexity index is 471. The molecule has 0 fully saturated rings. The minimum Gasteiger partial charge on any atom is -0.459 e. The summed E-state index contributed by atoms with van der Waals surface area (Å²) in [5.41, 5.74) is 7.15. The molecule has 3 nitrogen and oxygen atoms in total. The van der Waals surface area contributed by atoms with Gasteiger partial charge in [0.25, 0.3) is 0 Å². The standard InChI is InChI=1S/C15H21NO2/c1-4-17-15(10(2)3)14(16)13-9-11-7-5-6-8-12(11)18-13/h5-10,14-15H,4,16H2,1-3H3. The van der Waals surface area contributed by atoms with E-state index in [1.807, 2.05) is 37.3 Å². The van der Waals surface area contributed by atoms with Crippen molar-refractivity contribution in [1.82, 2.24) is 0 Å². The van der Waals surface area contributed by atoms with E-state index in [1.165, 1.54) is 0 Å². The molecule has 2 aromatic rings. The predicted molar refractivity (Wildman–Crippen MR) is 73.4 cm³/mol. The number of para-hydroxylation sites is 1. The van der Waals surface area contributed by atoms with E-state index in [2.05, 4.69) is 13.8 Å². The number of furan rings is 1. The van der Waals surface area contributed by atoms with Gasteiger partial charge in [-0.05, 0) is 25.0 Å². The molecule has 2 unspecified atom stereocenters. The van der Waals surface area contributed by atoms with Crippen LogP contribution in [0.15, 0.2) is 34.7 Å². The Hall–Kier alpha value is -1.32. The molecule has 1 aromatic heterocycles. The summed E-state index contributed by atoms with van der Waals surface area (Å²) in [5, 5.41) is 1.09. The number of benzene rings is 1. The van der Waals surface area contributed by atoms with E-state index in [0.29, 0.717) is 12.5 Å². The zero-order chi connectivity index (χ0) is 13.1. The minimum absolute atomic E-state index is 0.0180. The molecule has 0 aliphatic carbocycles. The van der Waals surface area contributed by atoms with Gasteiger partial charge >= 0.3 is 0 Å². The first-order chi connectivity index (χ1) is 8.63. The molecule has 3 heteroatoms. The van der Waals surface area contributed by atoms with Crippen LogP contribution in [-0.4, -0.2) is 12.7 Å². The van der Waals surface area contributed by atoms with E-state index in [-0.39, 0.29) is 12.1 Å². The summed E-state index contributed by atoms with van der Waals surface area (Å²) in [4.78, 5) is 0. The second kappa shape index (κ2) is 5.55. The lowest BCUT2D eigenvalue weighted by Crippen LogP contribution is -2.33. The van der Waals surface area contributed by atoms with Gasteiger partial charge in [-0.3, -0.25) is 0 Å². The highest BCUT2D eigenvalue weighted by Gasteiger charge is 2.25. The van der Waals surface area contributed by atoms with Crippen molar-refractivity contribution in [2.75, 3.05) is 6.61 Å². The fraction of sp³-hybridized carbons (Fsp3) is 0.467. The largest absolute Gasteiger partial charge is 0.459 e. The average Bonchev–Trinajstić information content (AvgIpc) is 2.78. The first-order valence-corrected chi connectivity index (χ1v) is 6.49. The smallest absolute Gasteiger partial charge is 0.134 e. The Balaban J connectivity index is 2.28. The fourth-order valence-electron chi connectivity index (χ4n) is 2.23. The van der Waals surface area contributed by atoms with Crippen LogP contribution in [0.1, 0.15) is 32.6 Å². The Morgan fingerprint density at radius 1 is 1.28 bits per heavy atom. The van der Waals surface area contributed by atoms with Crippen molar-refractivity contribution in [2.45, 2.75) is 32.9 Å². The normalized spacial score (nSPS) is 15.2. The van der Waals surface area contributed by atoms with Gasteiger partial charge in [0.1, 0.15) is 11.3 Å². The lowest BCUT2D eigenvalue weighted by Gasteiger charge is -2.25. The molecule has 2 rings (SSSR count). The SMILES string of the molecule is CCOC(C(C)C)C(N)c1cc2ccccc2o1. The van der Waals surface area contributed by atoms with Crippen molar-refractivity contribution in [3.8, 4) is 0 Å². The summed E-state index contributed by atoms with van der Waals surface area (Å²) < 4.78 is 11.5. The number of fused-ring (bicyclic) bond motifs is 1. The van der Waals surface area contributed by atoms with Crippen LogP contribution in [0.4, 0.5) is 0 Å². The Kier molecular flexibility index (Phi) is 4.04. The maximum Gasteiger partial charge on any atom is 0.134 e. The fourth-order valence-corrected chi connectivity index (χ4v) is 2.23. The first kappa shape index (κ1) is 13.1. The maximum atomic E-state index is 6.27. The van der Waals surface area contributed by atoms with Crippen molar-refractivity contribution in [1.29, 1.82) is 0 Å². The highest BCUT2D eigenvalue weighted by molar-refractivity contribution is 5.77. The number of rotatable bonds is 5. The van der Waals surface area contributed by atoms with Gasteiger partial charge in [0.2, 0.25) is 0 Å². The summed E-state index contributed by atoms with van der Waals surface area (Å²) in [5.74, 6) is 1.15. The molecule has 0 saturated carbocycles. The molecule has 0 aliphatic heterocycles. The van der Waals surface area contributed by atoms with Crippen LogP contribution in [0.2, 0.25) is 0 Å². The molecule has 0 bridgehead atoms. The van der Waals surface area contributed by atoms with Gasteiger partial charge in [0.15, 0.2) is 0 Å². The van der Waals surface area contributed by atoms with Gasteiger partial charge in [-0.25, -0.2) is 0 Å². The molecule has 0 saturated heterocycles. The van der Waals surface area contributed by atoms with Gasteiger partial charge in [-0.15, -0.1) is 0 Å². The number of hydrogen-bond donors (Lipinski definition) is 1. The first-order valence-electron chi connectivity index (χ1n) is 6.49. The zero-order valence-corrected chi connectivity index (χ0v) is 11.2. The summed E-state index contributed by atoms with van der Waals surface area (Å²) in [7, 11) is 0. The van der Waals surface area contributed by atoms with Crippen LogP contribution >= 0.6 is 0 Å². The van der Waals surface area contributed by atoms with Crippen molar-refractivity contribution in [3.63, 3.8) is 0 Å². The van der Waals surface area contributed by atoms with E-state index in [0.717, 1.165) is 16.7 Å². The Labute approximate surface area is 108 Å². The van der Waals surface area contributed by atoms with E-state index < -0.39 is 0 Å². The van der Waals surface area contributed by atoms with Crippen LogP contribution in [-0.2, 0) is 4.74 Å². The third-order valence-corrected chi connectivity index (χ3v) is 3.14. The molecule has 0 aliphatic rings. The maximum absolute atomic E-state index is 6.27. The van der Waals surface area contributed by atoms with Crippen molar-refractivity contribution < 1.29 is 9.15 Å². The molecule has 98 valence electrons. The summed E-state index contributed by atoms with van der Waals surface area (Å²) in [6.07, 6.45) is -0.0180. The molecule has 0 radical (unpaired) electrons. The number of hydrogen-bond acceptors (Lipinski definition) is 3. The number of nitrogens with two attached hydrogens (primary N) is 1. The van der Waals surface area contributed by atoms with Crippen molar-refractivity contribution in [3.05, 3.63) is 36.1 Å². The monoisotopic (exact) mass is 247 g/mol. The lowest BCUT2D eigenvalue weighted by atomic mass is 9.98. The van der Waals surface area contributed by atoms with Gasteiger partial charge in [0.05, 0.1) is 12.1 Å². The van der Waals surface area contributed by atoms with E-state index in [4.69, 9.17) is 14.9 Å². The predicted octanol–water partition coefficient (Wildman–Crippen LogP) is 3.49. The molecule has 0 spiro atoms. The molecule has 0 amide bonds. The van der Waals surface area contributed by atoms with Gasteiger partial charge in [0, 0.05) is 12.0 Å². The van der Waals surface area contributed by atoms with Crippen molar-refractivity contribution >= 4 is 11.0 Å². The Morgan fingerprint density at radius 3 is 2.61 bits per heavy atom. The average molecular weight is 247 g/mol.